The topological polar surface area (TPSA) is 72.2 Å². The van der Waals surface area contributed by atoms with Gasteiger partial charge in [0.2, 0.25) is 0 Å². The summed E-state index contributed by atoms with van der Waals surface area (Å²) in [5, 5.41) is 0.0840. The van der Waals surface area contributed by atoms with E-state index in [-0.39, 0.29) is 15.6 Å². The van der Waals surface area contributed by atoms with E-state index in [0.717, 1.165) is 5.56 Å². The number of halogens is 2. The van der Waals surface area contributed by atoms with E-state index in [2.05, 4.69) is 20.7 Å². The number of hydrogen-bond donors (Lipinski definition) is 2. The fraction of sp³-hybridized carbons (Fsp3) is 0.0769. The molecule has 106 valence electrons. The minimum Gasteiger partial charge on any atom is -0.398 e. The van der Waals surface area contributed by atoms with Crippen LogP contribution in [0.3, 0.4) is 0 Å². The molecule has 0 saturated carbocycles. The van der Waals surface area contributed by atoms with Gasteiger partial charge in [-0.1, -0.05) is 23.7 Å². The number of sulfonamides is 1. The number of hydrogen-bond acceptors (Lipinski definition) is 3. The summed E-state index contributed by atoms with van der Waals surface area (Å²) in [6.45, 7) is 1.91. The highest BCUT2D eigenvalue weighted by molar-refractivity contribution is 9.10. The Labute approximate surface area is 131 Å². The lowest BCUT2D eigenvalue weighted by atomic mass is 10.2. The van der Waals surface area contributed by atoms with Crippen LogP contribution in [0.25, 0.3) is 0 Å². The normalized spacial score (nSPS) is 11.3. The lowest BCUT2D eigenvalue weighted by Crippen LogP contribution is -2.15. The molecule has 0 spiro atoms. The van der Waals surface area contributed by atoms with Crippen molar-refractivity contribution in [3.8, 4) is 0 Å². The summed E-state index contributed by atoms with van der Waals surface area (Å²) in [6, 6.07) is 9.86. The predicted octanol–water partition coefficient (Wildman–Crippen LogP) is 3.79. The zero-order chi connectivity index (χ0) is 14.9. The van der Waals surface area contributed by atoms with Crippen molar-refractivity contribution in [3.05, 3.63) is 51.5 Å². The lowest BCUT2D eigenvalue weighted by molar-refractivity contribution is 0.601. The summed E-state index contributed by atoms with van der Waals surface area (Å²) < 4.78 is 27.9. The van der Waals surface area contributed by atoms with Crippen molar-refractivity contribution in [1.82, 2.24) is 0 Å². The molecule has 0 aliphatic rings. The average Bonchev–Trinajstić information content (AvgIpc) is 2.32. The molecule has 3 N–H and O–H groups in total. The van der Waals surface area contributed by atoms with Crippen LogP contribution in [-0.2, 0) is 10.0 Å². The molecule has 0 heterocycles. The molecular formula is C13H12BrClN2O2S. The van der Waals surface area contributed by atoms with Crippen molar-refractivity contribution in [2.75, 3.05) is 10.5 Å². The van der Waals surface area contributed by atoms with Crippen LogP contribution in [0, 0.1) is 6.92 Å². The van der Waals surface area contributed by atoms with Gasteiger partial charge in [-0.2, -0.15) is 0 Å². The van der Waals surface area contributed by atoms with E-state index >= 15 is 0 Å². The van der Waals surface area contributed by atoms with Crippen LogP contribution in [0.5, 0.6) is 0 Å². The molecule has 0 aliphatic carbocycles. The maximum absolute atomic E-state index is 12.4. The largest absolute Gasteiger partial charge is 0.398 e. The van der Waals surface area contributed by atoms with Gasteiger partial charge in [-0.15, -0.1) is 0 Å². The molecule has 7 heteroatoms. The van der Waals surface area contributed by atoms with Gasteiger partial charge in [0.1, 0.15) is 4.90 Å². The van der Waals surface area contributed by atoms with Crippen molar-refractivity contribution < 1.29 is 8.42 Å². The molecule has 0 radical (unpaired) electrons. The summed E-state index contributed by atoms with van der Waals surface area (Å²) in [7, 11) is -3.85. The number of benzene rings is 2. The van der Waals surface area contributed by atoms with Crippen LogP contribution in [0.2, 0.25) is 5.02 Å². The molecular weight excluding hydrogens is 364 g/mol. The number of nitrogens with one attached hydrogen (secondary N) is 1. The second-order valence-corrected chi connectivity index (χ2v) is 7.13. The highest BCUT2D eigenvalue weighted by atomic mass is 79.9. The highest BCUT2D eigenvalue weighted by Gasteiger charge is 2.21. The molecule has 2 rings (SSSR count). The smallest absolute Gasteiger partial charge is 0.265 e. The van der Waals surface area contributed by atoms with Crippen molar-refractivity contribution in [2.24, 2.45) is 0 Å². The van der Waals surface area contributed by atoms with Gasteiger partial charge in [0.25, 0.3) is 10.0 Å². The number of anilines is 2. The zero-order valence-electron chi connectivity index (χ0n) is 10.5. The van der Waals surface area contributed by atoms with Gasteiger partial charge >= 0.3 is 0 Å². The predicted molar refractivity (Wildman–Crippen MR) is 85.6 cm³/mol. The Bertz CT molecular complexity index is 743. The number of rotatable bonds is 3. The minimum atomic E-state index is -3.85. The van der Waals surface area contributed by atoms with Gasteiger partial charge in [0.15, 0.2) is 0 Å². The molecule has 0 unspecified atom stereocenters. The van der Waals surface area contributed by atoms with E-state index in [1.54, 1.807) is 18.2 Å². The third-order valence-corrected chi connectivity index (χ3v) is 5.20. The summed E-state index contributed by atoms with van der Waals surface area (Å²) in [6.07, 6.45) is 0. The Morgan fingerprint density at radius 3 is 2.55 bits per heavy atom. The molecule has 2 aromatic rings. The Kier molecular flexibility index (Phi) is 4.27. The van der Waals surface area contributed by atoms with Crippen LogP contribution < -0.4 is 10.5 Å². The van der Waals surface area contributed by atoms with E-state index in [1.807, 2.05) is 13.0 Å². The Hall–Kier alpha value is -1.24. The van der Waals surface area contributed by atoms with E-state index in [1.165, 1.54) is 12.1 Å². The van der Waals surface area contributed by atoms with E-state index < -0.39 is 10.0 Å². The van der Waals surface area contributed by atoms with Gasteiger partial charge < -0.3 is 5.73 Å². The first-order valence-corrected chi connectivity index (χ1v) is 8.29. The first-order chi connectivity index (χ1) is 9.31. The lowest BCUT2D eigenvalue weighted by Gasteiger charge is -2.13. The molecule has 0 atom stereocenters. The number of nitrogens with two attached hydrogens (primary N) is 1. The molecule has 0 saturated heterocycles. The molecule has 0 amide bonds. The van der Waals surface area contributed by atoms with Crippen molar-refractivity contribution in [1.29, 1.82) is 0 Å². The van der Waals surface area contributed by atoms with E-state index in [9.17, 15) is 8.42 Å². The maximum atomic E-state index is 12.4. The van der Waals surface area contributed by atoms with E-state index in [4.69, 9.17) is 17.3 Å². The molecule has 2 aromatic carbocycles. The molecule has 0 aromatic heterocycles. The Morgan fingerprint density at radius 2 is 1.95 bits per heavy atom. The monoisotopic (exact) mass is 374 g/mol. The third kappa shape index (κ3) is 3.08. The van der Waals surface area contributed by atoms with Crippen LogP contribution in [0.1, 0.15) is 5.56 Å². The quantitative estimate of drug-likeness (QED) is 0.802. The van der Waals surface area contributed by atoms with Gasteiger partial charge in [0, 0.05) is 4.47 Å². The van der Waals surface area contributed by atoms with Crippen LogP contribution in [0.4, 0.5) is 11.4 Å². The summed E-state index contributed by atoms with van der Waals surface area (Å²) in [4.78, 5) is -0.117. The van der Waals surface area contributed by atoms with Gasteiger partial charge in [-0.3, -0.25) is 4.72 Å². The summed E-state index contributed by atoms with van der Waals surface area (Å²) in [5.74, 6) is 0. The maximum Gasteiger partial charge on any atom is 0.265 e. The Balaban J connectivity index is 2.46. The third-order valence-electron chi connectivity index (χ3n) is 2.64. The van der Waals surface area contributed by atoms with Crippen LogP contribution in [-0.4, -0.2) is 8.42 Å². The number of aryl methyl sites for hydroxylation is 1. The minimum absolute atomic E-state index is 0.0840. The molecule has 0 fully saturated rings. The van der Waals surface area contributed by atoms with Crippen molar-refractivity contribution in [3.63, 3.8) is 0 Å². The Morgan fingerprint density at radius 1 is 1.25 bits per heavy atom. The van der Waals surface area contributed by atoms with Crippen LogP contribution in [0.15, 0.2) is 45.8 Å². The molecule has 0 bridgehead atoms. The molecule has 0 aliphatic heterocycles. The van der Waals surface area contributed by atoms with Crippen LogP contribution >= 0.6 is 27.5 Å². The first-order valence-electron chi connectivity index (χ1n) is 5.64. The summed E-state index contributed by atoms with van der Waals surface area (Å²) in [5.41, 5.74) is 7.25. The second kappa shape index (κ2) is 5.63. The molecule has 20 heavy (non-hydrogen) atoms. The fourth-order valence-corrected chi connectivity index (χ4v) is 4.19. The average molecular weight is 376 g/mol. The van der Waals surface area contributed by atoms with Gasteiger partial charge in [-0.25, -0.2) is 8.42 Å². The van der Waals surface area contributed by atoms with Crippen molar-refractivity contribution in [2.45, 2.75) is 11.8 Å². The second-order valence-electron chi connectivity index (χ2n) is 4.25. The van der Waals surface area contributed by atoms with E-state index in [0.29, 0.717) is 10.2 Å². The first kappa shape index (κ1) is 15.2. The van der Waals surface area contributed by atoms with Gasteiger partial charge in [-0.05, 0) is 52.7 Å². The summed E-state index contributed by atoms with van der Waals surface area (Å²) >= 11 is 9.25. The standard InChI is InChI=1S/C13H12BrClN2O2S/c1-8-5-6-12(9(14)7-8)17-20(18,19)13-10(15)3-2-4-11(13)16/h2-7,17H,16H2,1H3. The molecule has 4 nitrogen and oxygen atoms in total. The fourth-order valence-electron chi connectivity index (χ4n) is 1.71. The van der Waals surface area contributed by atoms with Crippen molar-refractivity contribution >= 4 is 48.9 Å². The number of nitrogen functional groups attached to an aromatic ring is 1. The highest BCUT2D eigenvalue weighted by Crippen LogP contribution is 2.31. The zero-order valence-corrected chi connectivity index (χ0v) is 13.7. The SMILES string of the molecule is Cc1ccc(NS(=O)(=O)c2c(N)cccc2Cl)c(Br)c1. The van der Waals surface area contributed by atoms with Gasteiger partial charge in [0.05, 0.1) is 16.4 Å².